The van der Waals surface area contributed by atoms with E-state index in [-0.39, 0.29) is 6.04 Å². The first-order valence-electron chi connectivity index (χ1n) is 6.70. The van der Waals surface area contributed by atoms with E-state index in [1.165, 1.54) is 16.9 Å². The van der Waals surface area contributed by atoms with Crippen LogP contribution in [0.1, 0.15) is 35.9 Å². The maximum absolute atomic E-state index is 12.4. The van der Waals surface area contributed by atoms with Crippen molar-refractivity contribution in [2.45, 2.75) is 38.1 Å². The van der Waals surface area contributed by atoms with Crippen molar-refractivity contribution in [3.63, 3.8) is 0 Å². The van der Waals surface area contributed by atoms with E-state index in [1.54, 1.807) is 6.07 Å². The Hall–Kier alpha value is -0.690. The molecule has 2 rings (SSSR count). The van der Waals surface area contributed by atoms with Crippen LogP contribution in [0.5, 0.6) is 0 Å². The van der Waals surface area contributed by atoms with Crippen LogP contribution in [0.25, 0.3) is 0 Å². The Labute approximate surface area is 138 Å². The van der Waals surface area contributed by atoms with Gasteiger partial charge in [-0.15, -0.1) is 11.3 Å². The van der Waals surface area contributed by atoms with E-state index in [0.717, 1.165) is 20.6 Å². The second-order valence-electron chi connectivity index (χ2n) is 4.91. The van der Waals surface area contributed by atoms with Crippen molar-refractivity contribution in [1.82, 2.24) is 4.72 Å². The van der Waals surface area contributed by atoms with E-state index < -0.39 is 10.0 Å². The molecule has 21 heavy (non-hydrogen) atoms. The molecule has 0 aliphatic heterocycles. The lowest BCUT2D eigenvalue weighted by molar-refractivity contribution is 0.567. The van der Waals surface area contributed by atoms with Gasteiger partial charge in [0.05, 0.1) is 8.68 Å². The summed E-state index contributed by atoms with van der Waals surface area (Å²) in [6, 6.07) is 9.40. The van der Waals surface area contributed by atoms with Gasteiger partial charge < -0.3 is 0 Å². The summed E-state index contributed by atoms with van der Waals surface area (Å²) >= 11 is 4.75. The number of hydrogen-bond acceptors (Lipinski definition) is 3. The predicted octanol–water partition coefficient (Wildman–Crippen LogP) is 4.42. The molecule has 1 aromatic carbocycles. The van der Waals surface area contributed by atoms with Gasteiger partial charge in [-0.1, -0.05) is 31.2 Å². The molecule has 1 N–H and O–H groups in total. The van der Waals surface area contributed by atoms with Crippen molar-refractivity contribution < 1.29 is 8.42 Å². The first-order chi connectivity index (χ1) is 9.83. The van der Waals surface area contributed by atoms with E-state index in [0.29, 0.717) is 4.90 Å². The third-order valence-corrected chi connectivity index (χ3v) is 6.70. The summed E-state index contributed by atoms with van der Waals surface area (Å²) in [7, 11) is -3.50. The molecule has 1 unspecified atom stereocenters. The van der Waals surface area contributed by atoms with E-state index in [4.69, 9.17) is 0 Å². The molecular weight excluding hydrogens is 370 g/mol. The van der Waals surface area contributed by atoms with Gasteiger partial charge in [-0.3, -0.25) is 0 Å². The monoisotopic (exact) mass is 387 g/mol. The highest BCUT2D eigenvalue weighted by Crippen LogP contribution is 2.30. The number of rotatable bonds is 5. The third kappa shape index (κ3) is 3.94. The fraction of sp³-hybridized carbons (Fsp3) is 0.333. The number of halogens is 1. The highest BCUT2D eigenvalue weighted by molar-refractivity contribution is 9.11. The summed E-state index contributed by atoms with van der Waals surface area (Å²) in [6.07, 6.45) is 0.975. The zero-order chi connectivity index (χ0) is 15.6. The maximum Gasteiger partial charge on any atom is 0.242 e. The summed E-state index contributed by atoms with van der Waals surface area (Å²) in [5.74, 6) is 0. The molecule has 0 aliphatic rings. The van der Waals surface area contributed by atoms with Crippen LogP contribution in [0.4, 0.5) is 0 Å². The Morgan fingerprint density at radius 2 is 1.90 bits per heavy atom. The molecule has 1 aromatic heterocycles. The average molecular weight is 388 g/mol. The van der Waals surface area contributed by atoms with E-state index in [9.17, 15) is 8.42 Å². The number of aryl methyl sites for hydroxylation is 2. The zero-order valence-corrected chi connectivity index (χ0v) is 15.4. The minimum absolute atomic E-state index is 0.265. The van der Waals surface area contributed by atoms with Crippen LogP contribution in [0, 0.1) is 6.92 Å². The van der Waals surface area contributed by atoms with Gasteiger partial charge in [-0.2, -0.15) is 0 Å². The maximum atomic E-state index is 12.4. The van der Waals surface area contributed by atoms with Gasteiger partial charge in [-0.25, -0.2) is 13.1 Å². The van der Waals surface area contributed by atoms with E-state index in [2.05, 4.69) is 27.6 Å². The van der Waals surface area contributed by atoms with Crippen LogP contribution >= 0.6 is 27.3 Å². The predicted molar refractivity (Wildman–Crippen MR) is 91.3 cm³/mol. The lowest BCUT2D eigenvalue weighted by Gasteiger charge is -2.15. The lowest BCUT2D eigenvalue weighted by Crippen LogP contribution is -2.27. The van der Waals surface area contributed by atoms with Crippen LogP contribution in [-0.4, -0.2) is 8.42 Å². The Morgan fingerprint density at radius 3 is 2.38 bits per heavy atom. The average Bonchev–Trinajstić information content (AvgIpc) is 2.78. The Balaban J connectivity index is 2.21. The summed E-state index contributed by atoms with van der Waals surface area (Å²) < 4.78 is 28.5. The fourth-order valence-corrected chi connectivity index (χ4v) is 5.75. The van der Waals surface area contributed by atoms with Crippen molar-refractivity contribution in [3.8, 4) is 0 Å². The SMILES string of the molecule is CCc1ccc(C(C)NS(=O)(=O)c2cc(Br)sc2C)cc1. The van der Waals surface area contributed by atoms with Gasteiger partial charge in [0.25, 0.3) is 0 Å². The van der Waals surface area contributed by atoms with Crippen molar-refractivity contribution in [2.75, 3.05) is 0 Å². The summed E-state index contributed by atoms with van der Waals surface area (Å²) in [5, 5.41) is 0. The Bertz CT molecular complexity index is 721. The Kier molecular flexibility index (Phi) is 5.24. The van der Waals surface area contributed by atoms with Gasteiger partial charge in [0.15, 0.2) is 0 Å². The van der Waals surface area contributed by atoms with Gasteiger partial charge in [0, 0.05) is 10.9 Å². The molecule has 0 amide bonds. The quantitative estimate of drug-likeness (QED) is 0.824. The molecule has 0 radical (unpaired) electrons. The molecule has 0 bridgehead atoms. The molecule has 3 nitrogen and oxygen atoms in total. The van der Waals surface area contributed by atoms with Gasteiger partial charge in [0.1, 0.15) is 0 Å². The fourth-order valence-electron chi connectivity index (χ4n) is 2.10. The standard InChI is InChI=1S/C15H18BrNO2S2/c1-4-12-5-7-13(8-6-12)10(2)17-21(18,19)14-9-15(16)20-11(14)3/h5-10,17H,4H2,1-3H3. The van der Waals surface area contributed by atoms with Crippen molar-refractivity contribution in [1.29, 1.82) is 0 Å². The van der Waals surface area contributed by atoms with Gasteiger partial charge in [0.2, 0.25) is 10.0 Å². The molecule has 2 aromatic rings. The second-order valence-corrected chi connectivity index (χ2v) is 9.23. The normalized spacial score (nSPS) is 13.3. The first kappa shape index (κ1) is 16.7. The molecular formula is C15H18BrNO2S2. The molecule has 1 heterocycles. The molecule has 0 aliphatic carbocycles. The van der Waals surface area contributed by atoms with Crippen LogP contribution < -0.4 is 4.72 Å². The molecule has 0 saturated carbocycles. The minimum Gasteiger partial charge on any atom is -0.207 e. The topological polar surface area (TPSA) is 46.2 Å². The number of thiophene rings is 1. The number of hydrogen-bond donors (Lipinski definition) is 1. The number of nitrogens with one attached hydrogen (secondary N) is 1. The number of sulfonamides is 1. The third-order valence-electron chi connectivity index (χ3n) is 3.35. The first-order valence-corrected chi connectivity index (χ1v) is 9.80. The summed E-state index contributed by atoms with van der Waals surface area (Å²) in [6.45, 7) is 5.76. The minimum atomic E-state index is -3.50. The van der Waals surface area contributed by atoms with Gasteiger partial charge in [-0.05, 0) is 53.4 Å². The van der Waals surface area contributed by atoms with Crippen LogP contribution in [-0.2, 0) is 16.4 Å². The smallest absolute Gasteiger partial charge is 0.207 e. The van der Waals surface area contributed by atoms with E-state index >= 15 is 0 Å². The molecule has 114 valence electrons. The molecule has 0 fully saturated rings. The lowest BCUT2D eigenvalue weighted by atomic mass is 10.1. The van der Waals surface area contributed by atoms with Crippen molar-refractivity contribution in [2.24, 2.45) is 0 Å². The van der Waals surface area contributed by atoms with Crippen molar-refractivity contribution in [3.05, 3.63) is 50.1 Å². The van der Waals surface area contributed by atoms with Crippen LogP contribution in [0.2, 0.25) is 0 Å². The zero-order valence-electron chi connectivity index (χ0n) is 12.2. The molecule has 0 spiro atoms. The summed E-state index contributed by atoms with van der Waals surface area (Å²) in [4.78, 5) is 1.12. The highest BCUT2D eigenvalue weighted by atomic mass is 79.9. The largest absolute Gasteiger partial charge is 0.242 e. The van der Waals surface area contributed by atoms with Gasteiger partial charge >= 0.3 is 0 Å². The highest BCUT2D eigenvalue weighted by Gasteiger charge is 2.22. The van der Waals surface area contributed by atoms with Crippen LogP contribution in [0.15, 0.2) is 39.0 Å². The second kappa shape index (κ2) is 6.60. The molecule has 1 atom stereocenters. The van der Waals surface area contributed by atoms with Crippen LogP contribution in [0.3, 0.4) is 0 Å². The van der Waals surface area contributed by atoms with Crippen molar-refractivity contribution >= 4 is 37.3 Å². The molecule has 0 saturated heterocycles. The van der Waals surface area contributed by atoms with E-state index in [1.807, 2.05) is 38.1 Å². The Morgan fingerprint density at radius 1 is 1.29 bits per heavy atom. The number of benzene rings is 1. The molecule has 6 heteroatoms. The summed E-state index contributed by atoms with van der Waals surface area (Å²) in [5.41, 5.74) is 2.20.